The van der Waals surface area contributed by atoms with Crippen molar-refractivity contribution < 1.29 is 8.42 Å². The van der Waals surface area contributed by atoms with Gasteiger partial charge in [-0.15, -0.1) is 0 Å². The van der Waals surface area contributed by atoms with E-state index in [0.717, 1.165) is 27.7 Å². The summed E-state index contributed by atoms with van der Waals surface area (Å²) in [6.45, 7) is 4.68. The third kappa shape index (κ3) is 2.86. The van der Waals surface area contributed by atoms with E-state index in [2.05, 4.69) is 4.57 Å². The van der Waals surface area contributed by atoms with Gasteiger partial charge in [-0.3, -0.25) is 0 Å². The van der Waals surface area contributed by atoms with E-state index >= 15 is 0 Å². The minimum absolute atomic E-state index is 0.323. The lowest BCUT2D eigenvalue weighted by atomic mass is 10.1. The van der Waals surface area contributed by atoms with Crippen molar-refractivity contribution >= 4 is 20.7 Å². The number of rotatable bonds is 4. The van der Waals surface area contributed by atoms with E-state index in [-0.39, 0.29) is 0 Å². The Bertz CT molecular complexity index is 1200. The number of fused-ring (bicyclic) bond motifs is 1. The van der Waals surface area contributed by atoms with Gasteiger partial charge in [0.1, 0.15) is 4.90 Å². The molecule has 0 N–H and O–H groups in total. The van der Waals surface area contributed by atoms with Gasteiger partial charge in [-0.2, -0.15) is 0 Å². The van der Waals surface area contributed by atoms with E-state index in [0.29, 0.717) is 16.3 Å². The third-order valence-electron chi connectivity index (χ3n) is 4.89. The van der Waals surface area contributed by atoms with E-state index in [1.807, 2.05) is 80.6 Å². The molecule has 3 aromatic carbocycles. The first kappa shape index (κ1) is 17.6. The number of nitrogens with zero attached hydrogens (tertiary/aromatic N) is 1. The van der Waals surface area contributed by atoms with Crippen molar-refractivity contribution in [2.24, 2.45) is 0 Å². The van der Waals surface area contributed by atoms with E-state index < -0.39 is 9.84 Å². The highest BCUT2D eigenvalue weighted by molar-refractivity contribution is 7.91. The maximum Gasteiger partial charge on any atom is 0.209 e. The Balaban J connectivity index is 2.12. The molecule has 0 atom stereocenters. The average molecular weight is 375 g/mol. The van der Waals surface area contributed by atoms with Crippen LogP contribution in [0.15, 0.2) is 88.7 Å². The van der Waals surface area contributed by atoms with Crippen molar-refractivity contribution in [2.45, 2.75) is 30.2 Å². The highest BCUT2D eigenvalue weighted by Crippen LogP contribution is 2.39. The van der Waals surface area contributed by atoms with Crippen LogP contribution in [0.3, 0.4) is 0 Å². The first-order valence-electron chi connectivity index (χ1n) is 9.02. The molecule has 0 aliphatic carbocycles. The van der Waals surface area contributed by atoms with Crippen LogP contribution in [0.25, 0.3) is 22.2 Å². The van der Waals surface area contributed by atoms with Crippen LogP contribution in [-0.2, 0) is 16.4 Å². The molecule has 0 saturated carbocycles. The van der Waals surface area contributed by atoms with Crippen LogP contribution in [0.4, 0.5) is 0 Å². The van der Waals surface area contributed by atoms with Gasteiger partial charge in [0.05, 0.1) is 10.6 Å². The maximum atomic E-state index is 13.7. The molecule has 0 amide bonds. The van der Waals surface area contributed by atoms with Gasteiger partial charge in [-0.1, -0.05) is 66.2 Å². The van der Waals surface area contributed by atoms with Crippen molar-refractivity contribution in [3.63, 3.8) is 0 Å². The molecule has 27 heavy (non-hydrogen) atoms. The number of sulfone groups is 1. The van der Waals surface area contributed by atoms with Crippen LogP contribution in [0.5, 0.6) is 0 Å². The number of para-hydroxylation sites is 1. The second-order valence-corrected chi connectivity index (χ2v) is 8.51. The van der Waals surface area contributed by atoms with Gasteiger partial charge in [0.25, 0.3) is 0 Å². The molecule has 0 fully saturated rings. The molecule has 4 rings (SSSR count). The largest absolute Gasteiger partial charge is 0.340 e. The molecule has 1 aromatic heterocycles. The van der Waals surface area contributed by atoms with Gasteiger partial charge in [0.2, 0.25) is 9.84 Å². The van der Waals surface area contributed by atoms with Gasteiger partial charge in [-0.25, -0.2) is 8.42 Å². The lowest BCUT2D eigenvalue weighted by Crippen LogP contribution is -2.05. The van der Waals surface area contributed by atoms with Gasteiger partial charge in [-0.05, 0) is 37.6 Å². The summed E-state index contributed by atoms with van der Waals surface area (Å²) >= 11 is 0. The molecule has 0 aliphatic heterocycles. The summed E-state index contributed by atoms with van der Waals surface area (Å²) in [5.41, 5.74) is 3.62. The minimum Gasteiger partial charge on any atom is -0.340 e. The molecule has 4 aromatic rings. The number of hydrogen-bond donors (Lipinski definition) is 0. The number of hydrogen-bond acceptors (Lipinski definition) is 2. The average Bonchev–Trinajstić information content (AvgIpc) is 3.04. The molecule has 4 heteroatoms. The topological polar surface area (TPSA) is 39.1 Å². The number of benzene rings is 3. The fourth-order valence-electron chi connectivity index (χ4n) is 3.59. The van der Waals surface area contributed by atoms with Crippen LogP contribution < -0.4 is 0 Å². The summed E-state index contributed by atoms with van der Waals surface area (Å²) in [5, 5.41) is 0.763. The fraction of sp³-hybridized carbons (Fsp3) is 0.130. The number of aromatic nitrogens is 1. The molecule has 136 valence electrons. The smallest absolute Gasteiger partial charge is 0.209 e. The van der Waals surface area contributed by atoms with Gasteiger partial charge < -0.3 is 4.57 Å². The molecule has 0 bridgehead atoms. The second kappa shape index (κ2) is 6.71. The highest BCUT2D eigenvalue weighted by atomic mass is 32.2. The van der Waals surface area contributed by atoms with E-state index in [9.17, 15) is 8.42 Å². The summed E-state index contributed by atoms with van der Waals surface area (Å²) in [6, 6.07) is 24.5. The summed E-state index contributed by atoms with van der Waals surface area (Å²) in [7, 11) is -3.67. The van der Waals surface area contributed by atoms with Crippen LogP contribution >= 0.6 is 0 Å². The predicted molar refractivity (Wildman–Crippen MR) is 110 cm³/mol. The quantitative estimate of drug-likeness (QED) is 0.474. The summed E-state index contributed by atoms with van der Waals surface area (Å²) < 4.78 is 29.4. The number of aryl methyl sites for hydroxylation is 2. The standard InChI is InChI=1S/C23H21NO2S/c1-3-24-21-12-8-7-11-20(21)23(22(24)18-9-5-4-6-10-18)27(25,26)19-15-13-17(2)14-16-19/h4-16H,3H2,1-2H3. The Morgan fingerprint density at radius 3 is 2.11 bits per heavy atom. The Labute approximate surface area is 159 Å². The van der Waals surface area contributed by atoms with Crippen molar-refractivity contribution in [1.82, 2.24) is 4.57 Å². The van der Waals surface area contributed by atoms with E-state index in [1.54, 1.807) is 12.1 Å². The molecule has 0 saturated heterocycles. The molecule has 0 radical (unpaired) electrons. The maximum absolute atomic E-state index is 13.7. The van der Waals surface area contributed by atoms with Crippen molar-refractivity contribution in [3.05, 3.63) is 84.4 Å². The summed E-state index contributed by atoms with van der Waals surface area (Å²) in [4.78, 5) is 0.708. The fourth-order valence-corrected chi connectivity index (χ4v) is 5.27. The molecular formula is C23H21NO2S. The first-order chi connectivity index (χ1) is 13.0. The molecule has 1 heterocycles. The normalized spacial score (nSPS) is 11.8. The second-order valence-electron chi connectivity index (χ2n) is 6.62. The van der Waals surface area contributed by atoms with Crippen molar-refractivity contribution in [1.29, 1.82) is 0 Å². The van der Waals surface area contributed by atoms with Crippen LogP contribution in [0, 0.1) is 6.92 Å². The van der Waals surface area contributed by atoms with Gasteiger partial charge in [0.15, 0.2) is 0 Å². The van der Waals surface area contributed by atoms with Crippen LogP contribution in [-0.4, -0.2) is 13.0 Å². The van der Waals surface area contributed by atoms with E-state index in [4.69, 9.17) is 0 Å². The van der Waals surface area contributed by atoms with Crippen molar-refractivity contribution in [3.8, 4) is 11.3 Å². The molecular weight excluding hydrogens is 354 g/mol. The van der Waals surface area contributed by atoms with E-state index in [1.165, 1.54) is 0 Å². The summed E-state index contributed by atoms with van der Waals surface area (Å²) in [6.07, 6.45) is 0. The Morgan fingerprint density at radius 1 is 0.815 bits per heavy atom. The van der Waals surface area contributed by atoms with Crippen molar-refractivity contribution in [2.75, 3.05) is 0 Å². The first-order valence-corrected chi connectivity index (χ1v) is 10.5. The molecule has 3 nitrogen and oxygen atoms in total. The Morgan fingerprint density at radius 2 is 1.44 bits per heavy atom. The zero-order valence-corrected chi connectivity index (χ0v) is 16.2. The minimum atomic E-state index is -3.67. The van der Waals surface area contributed by atoms with Crippen LogP contribution in [0.1, 0.15) is 12.5 Å². The lowest BCUT2D eigenvalue weighted by molar-refractivity contribution is 0.596. The third-order valence-corrected chi connectivity index (χ3v) is 6.73. The van der Waals surface area contributed by atoms with Gasteiger partial charge >= 0.3 is 0 Å². The monoisotopic (exact) mass is 375 g/mol. The lowest BCUT2D eigenvalue weighted by Gasteiger charge is -2.11. The predicted octanol–water partition coefficient (Wildman–Crippen LogP) is 5.47. The SMILES string of the molecule is CCn1c(-c2ccccc2)c(S(=O)(=O)c2ccc(C)cc2)c2ccccc21. The summed E-state index contributed by atoms with van der Waals surface area (Å²) in [5.74, 6) is 0. The zero-order chi connectivity index (χ0) is 19.0. The Hall–Kier alpha value is -2.85. The molecule has 0 spiro atoms. The highest BCUT2D eigenvalue weighted by Gasteiger charge is 2.29. The molecule has 0 aliphatic rings. The van der Waals surface area contributed by atoms with Crippen LogP contribution in [0.2, 0.25) is 0 Å². The Kier molecular flexibility index (Phi) is 4.36. The zero-order valence-electron chi connectivity index (χ0n) is 15.4. The van der Waals surface area contributed by atoms with Gasteiger partial charge in [0, 0.05) is 17.4 Å². The molecule has 0 unspecified atom stereocenters.